The van der Waals surface area contributed by atoms with Crippen molar-refractivity contribution in [1.29, 1.82) is 0 Å². The number of H-pyrrole nitrogens is 4. The maximum Gasteiger partial charge on any atom is 0.157 e. The Hall–Kier alpha value is -9.81. The molecule has 14 nitrogen and oxygen atoms in total. The van der Waals surface area contributed by atoms with Gasteiger partial charge in [-0.2, -0.15) is 10.2 Å². The Kier molecular flexibility index (Phi) is 13.1. The number of aromatic amines is 4. The van der Waals surface area contributed by atoms with Crippen LogP contribution in [0.25, 0.3) is 112 Å². The molecule has 8 heterocycles. The molecule has 0 spiro atoms. The van der Waals surface area contributed by atoms with E-state index in [2.05, 4.69) is 77.7 Å². The van der Waals surface area contributed by atoms with Crippen LogP contribution in [0.4, 0.5) is 17.6 Å². The number of hydrogen-bond acceptors (Lipinski definition) is 10. The lowest BCUT2D eigenvalue weighted by Crippen LogP contribution is -2.12. The Balaban J connectivity index is 0.000000160. The van der Waals surface area contributed by atoms with Crippen LogP contribution < -0.4 is 5.32 Å². The van der Waals surface area contributed by atoms with E-state index in [9.17, 15) is 13.2 Å². The van der Waals surface area contributed by atoms with E-state index in [1.807, 2.05) is 44.2 Å². The highest BCUT2D eigenvalue weighted by Gasteiger charge is 2.21. The van der Waals surface area contributed by atoms with E-state index >= 15 is 4.39 Å². The summed E-state index contributed by atoms with van der Waals surface area (Å²) in [6, 6.07) is 35.0. The number of nitrogens with zero attached hydrogens (tertiary/aromatic N) is 9. The van der Waals surface area contributed by atoms with E-state index in [-0.39, 0.29) is 22.7 Å². The molecule has 0 amide bonds. The van der Waals surface area contributed by atoms with Gasteiger partial charge in [-0.3, -0.25) is 25.1 Å². The van der Waals surface area contributed by atoms with Gasteiger partial charge in [0.05, 0.1) is 11.0 Å². The molecule has 75 heavy (non-hydrogen) atoms. The quantitative estimate of drug-likeness (QED) is 0.0824. The lowest BCUT2D eigenvalue weighted by atomic mass is 10.0. The Morgan fingerprint density at radius 2 is 0.947 bits per heavy atom. The number of halogens is 4. The van der Waals surface area contributed by atoms with E-state index < -0.39 is 11.6 Å². The zero-order valence-corrected chi connectivity index (χ0v) is 40.0. The molecular weight excluding hydrogens is 957 g/mol. The molecule has 0 unspecified atom stereocenters. The largest absolute Gasteiger partial charge is 0.337 e. The number of fused-ring (bicyclic) bond motifs is 4. The highest BCUT2D eigenvalue weighted by atomic mass is 19.1. The van der Waals surface area contributed by atoms with E-state index in [1.165, 1.54) is 36.2 Å². The van der Waals surface area contributed by atoms with Gasteiger partial charge in [-0.15, -0.1) is 0 Å². The maximum atomic E-state index is 15.3. The SMILES string of the molecule is CC.Fc1ccccc1-c1nccc2[nH]c(-c3[nH]nc4c(F)cc(-c5cncc(CNCc6ccccc6)c5)cc34)nc12.Fc1ccccc1-c1nccc2[nH]c(-c3[nH]nc4c(F)cc(-c5cncnc5)cc34)nc12. The Morgan fingerprint density at radius 1 is 0.453 bits per heavy atom. The van der Waals surface area contributed by atoms with Crippen molar-refractivity contribution in [3.8, 4) is 67.8 Å². The topological polar surface area (TPSA) is 191 Å². The van der Waals surface area contributed by atoms with Gasteiger partial charge in [-0.05, 0) is 89.0 Å². The molecule has 13 rings (SSSR count). The Morgan fingerprint density at radius 3 is 1.49 bits per heavy atom. The number of imidazole rings is 2. The second kappa shape index (κ2) is 20.7. The van der Waals surface area contributed by atoms with E-state index in [4.69, 9.17) is 4.98 Å². The molecule has 0 saturated carbocycles. The van der Waals surface area contributed by atoms with Crippen LogP contribution in [0.1, 0.15) is 25.0 Å². The first-order chi connectivity index (χ1) is 36.8. The highest BCUT2D eigenvalue weighted by molar-refractivity contribution is 5.99. The van der Waals surface area contributed by atoms with Crippen molar-refractivity contribution in [2.24, 2.45) is 0 Å². The van der Waals surface area contributed by atoms with Gasteiger partial charge in [-0.25, -0.2) is 37.5 Å². The third kappa shape index (κ3) is 9.44. The molecule has 8 aromatic heterocycles. The number of rotatable bonds is 10. The second-order valence-electron chi connectivity index (χ2n) is 16.9. The molecule has 0 radical (unpaired) electrons. The van der Waals surface area contributed by atoms with Gasteiger partial charge < -0.3 is 15.3 Å². The van der Waals surface area contributed by atoms with Crippen molar-refractivity contribution in [2.45, 2.75) is 26.9 Å². The van der Waals surface area contributed by atoms with Crippen LogP contribution in [0.2, 0.25) is 0 Å². The molecule has 0 atom stereocenters. The molecule has 13 aromatic rings. The fourth-order valence-electron chi connectivity index (χ4n) is 8.79. The fraction of sp³-hybridized carbons (Fsp3) is 0.0702. The molecule has 0 aliphatic heterocycles. The minimum atomic E-state index is -0.478. The third-order valence-electron chi connectivity index (χ3n) is 12.3. The zero-order chi connectivity index (χ0) is 51.4. The number of pyridine rings is 3. The summed E-state index contributed by atoms with van der Waals surface area (Å²) in [4.78, 5) is 37.0. The first-order valence-corrected chi connectivity index (χ1v) is 23.8. The summed E-state index contributed by atoms with van der Waals surface area (Å²) in [6.07, 6.45) is 11.3. The predicted molar refractivity (Wildman–Crippen MR) is 281 cm³/mol. The van der Waals surface area contributed by atoms with Crippen LogP contribution >= 0.6 is 0 Å². The monoisotopic (exact) mass is 998 g/mol. The van der Waals surface area contributed by atoms with Crippen LogP contribution in [0.3, 0.4) is 0 Å². The van der Waals surface area contributed by atoms with Gasteiger partial charge in [0.2, 0.25) is 0 Å². The van der Waals surface area contributed by atoms with Crippen LogP contribution in [-0.2, 0) is 13.1 Å². The van der Waals surface area contributed by atoms with E-state index in [1.54, 1.807) is 91.8 Å². The summed E-state index contributed by atoms with van der Waals surface area (Å²) in [5.41, 5.74) is 10.2. The molecule has 0 fully saturated rings. The van der Waals surface area contributed by atoms with E-state index in [0.29, 0.717) is 102 Å². The number of nitrogens with one attached hydrogen (secondary N) is 5. The van der Waals surface area contributed by atoms with E-state index in [0.717, 1.165) is 17.7 Å². The van der Waals surface area contributed by atoms with Crippen LogP contribution in [0.15, 0.2) is 165 Å². The molecule has 0 bridgehead atoms. The summed E-state index contributed by atoms with van der Waals surface area (Å²) in [6.45, 7) is 5.35. The lowest BCUT2D eigenvalue weighted by molar-refractivity contribution is 0.630. The fourth-order valence-corrected chi connectivity index (χ4v) is 8.79. The van der Waals surface area contributed by atoms with Gasteiger partial charge >= 0.3 is 0 Å². The van der Waals surface area contributed by atoms with Crippen molar-refractivity contribution in [1.82, 2.24) is 70.6 Å². The first-order valence-electron chi connectivity index (χ1n) is 23.8. The first kappa shape index (κ1) is 47.5. The minimum Gasteiger partial charge on any atom is -0.337 e. The molecule has 18 heteroatoms. The Labute approximate surface area is 424 Å². The van der Waals surface area contributed by atoms with Crippen LogP contribution in [0.5, 0.6) is 0 Å². The number of hydrogen-bond donors (Lipinski definition) is 5. The minimum absolute atomic E-state index is 0.188. The summed E-state index contributed by atoms with van der Waals surface area (Å²) >= 11 is 0. The highest BCUT2D eigenvalue weighted by Crippen LogP contribution is 2.36. The van der Waals surface area contributed by atoms with Crippen LogP contribution in [-0.4, -0.2) is 65.3 Å². The Bertz CT molecular complexity index is 4150. The standard InChI is InChI=1S/C32H23F2N7.C23H13F2N7.C2H6/c33-25-9-5-4-8-23(25)29-31-27(10-11-37-29)38-32(39-31)30-24-13-21(14-26(34)28(24)40-41-30)22-12-20(17-36-18-22)16-35-15-19-6-2-1-3-7-19;24-16-4-2-1-3-14(16)20-22-18(5-6-28-20)29-23(30-22)21-15-7-12(13-9-26-11-27-10-13)8-17(25)19(15)31-32-21;1-2/h1-14,17-18,35H,15-16H2,(H,38,39)(H,40,41);1-11H,(H,29,30)(H,31,32);1-2H3. The van der Waals surface area contributed by atoms with Crippen molar-refractivity contribution in [3.05, 3.63) is 199 Å². The number of benzene rings is 5. The number of aromatic nitrogens is 13. The molecule has 5 aromatic carbocycles. The normalized spacial score (nSPS) is 11.2. The second-order valence-corrected chi connectivity index (χ2v) is 16.9. The third-order valence-corrected chi connectivity index (χ3v) is 12.3. The van der Waals surface area contributed by atoms with Crippen molar-refractivity contribution in [2.75, 3.05) is 0 Å². The van der Waals surface area contributed by atoms with Crippen molar-refractivity contribution < 1.29 is 17.6 Å². The smallest absolute Gasteiger partial charge is 0.157 e. The van der Waals surface area contributed by atoms with Gasteiger partial charge in [0.15, 0.2) is 23.3 Å². The summed E-state index contributed by atoms with van der Waals surface area (Å²) in [5, 5.41) is 18.7. The molecule has 0 aliphatic carbocycles. The van der Waals surface area contributed by atoms with Gasteiger partial charge in [0.1, 0.15) is 62.8 Å². The zero-order valence-electron chi connectivity index (χ0n) is 40.0. The molecule has 0 aliphatic rings. The summed E-state index contributed by atoms with van der Waals surface area (Å²) in [7, 11) is 0. The average molecular weight is 999 g/mol. The van der Waals surface area contributed by atoms with Crippen LogP contribution in [0, 0.1) is 23.3 Å². The van der Waals surface area contributed by atoms with Gasteiger partial charge in [-0.1, -0.05) is 68.4 Å². The summed E-state index contributed by atoms with van der Waals surface area (Å²) < 4.78 is 59.0. The predicted octanol–water partition coefficient (Wildman–Crippen LogP) is 12.7. The van der Waals surface area contributed by atoms with Gasteiger partial charge in [0.25, 0.3) is 0 Å². The van der Waals surface area contributed by atoms with Crippen molar-refractivity contribution >= 4 is 43.9 Å². The van der Waals surface area contributed by atoms with Gasteiger partial charge in [0, 0.05) is 83.3 Å². The maximum absolute atomic E-state index is 15.3. The average Bonchev–Trinajstić information content (AvgIpc) is 4.28. The summed E-state index contributed by atoms with van der Waals surface area (Å²) in [5.74, 6) is -0.829. The molecule has 0 saturated heterocycles. The molecule has 5 N–H and O–H groups in total. The molecule has 368 valence electrons. The van der Waals surface area contributed by atoms with Crippen molar-refractivity contribution in [3.63, 3.8) is 0 Å². The lowest BCUT2D eigenvalue weighted by Gasteiger charge is -2.08. The molecular formula is C57H42F4N14.